The first-order chi connectivity index (χ1) is 18.9. The highest BCUT2D eigenvalue weighted by Crippen LogP contribution is 2.30. The van der Waals surface area contributed by atoms with Gasteiger partial charge in [0.2, 0.25) is 0 Å². The van der Waals surface area contributed by atoms with Gasteiger partial charge in [-0.25, -0.2) is 14.8 Å². The van der Waals surface area contributed by atoms with Gasteiger partial charge in [-0.2, -0.15) is 0 Å². The molecule has 12 heteroatoms. The summed E-state index contributed by atoms with van der Waals surface area (Å²) < 4.78 is 7.12. The van der Waals surface area contributed by atoms with Crippen LogP contribution >= 0.6 is 0 Å². The average Bonchev–Trinajstić information content (AvgIpc) is 3.42. The number of imidazole rings is 1. The highest BCUT2D eigenvalue weighted by molar-refractivity contribution is 6.01. The first-order valence-electron chi connectivity index (χ1n) is 11.9. The highest BCUT2D eigenvalue weighted by Gasteiger charge is 2.16. The molecule has 5 rings (SSSR count). The lowest BCUT2D eigenvalue weighted by atomic mass is 10.1. The second-order valence-corrected chi connectivity index (χ2v) is 8.62. The molecule has 5 aromatic rings. The maximum atomic E-state index is 12.7. The van der Waals surface area contributed by atoms with Gasteiger partial charge in [-0.05, 0) is 35.9 Å². The maximum absolute atomic E-state index is 12.7. The topological polar surface area (TPSA) is 140 Å². The predicted molar refractivity (Wildman–Crippen MR) is 147 cm³/mol. The molecule has 0 aliphatic rings. The van der Waals surface area contributed by atoms with E-state index >= 15 is 0 Å². The van der Waals surface area contributed by atoms with E-state index < -0.39 is 11.0 Å². The second kappa shape index (κ2) is 10.8. The molecule has 0 atom stereocenters. The SMILES string of the molecule is COc1ccc([N+](=O)[O-])cc1NC(=O)Nc1cccc(-c2cn3ccnc3c(N(C)Cc3ccncc3)n2)c1. The first kappa shape index (κ1) is 25.1. The number of urea groups is 1. The zero-order valence-electron chi connectivity index (χ0n) is 21.1. The molecule has 2 N–H and O–H groups in total. The number of nitro benzene ring substituents is 1. The van der Waals surface area contributed by atoms with Gasteiger partial charge in [-0.1, -0.05) is 12.1 Å². The Balaban J connectivity index is 1.39. The number of non-ortho nitro benzene ring substituents is 1. The lowest BCUT2D eigenvalue weighted by Crippen LogP contribution is -2.20. The minimum absolute atomic E-state index is 0.168. The van der Waals surface area contributed by atoms with Crippen LogP contribution in [0.15, 0.2) is 85.6 Å². The van der Waals surface area contributed by atoms with Gasteiger partial charge in [0.25, 0.3) is 5.69 Å². The van der Waals surface area contributed by atoms with E-state index in [4.69, 9.17) is 9.72 Å². The summed E-state index contributed by atoms with van der Waals surface area (Å²) >= 11 is 0. The number of methoxy groups -OCH3 is 1. The number of benzene rings is 2. The minimum Gasteiger partial charge on any atom is -0.495 e. The van der Waals surface area contributed by atoms with Crippen molar-refractivity contribution in [3.63, 3.8) is 0 Å². The van der Waals surface area contributed by atoms with Gasteiger partial charge in [0, 0.05) is 68.0 Å². The number of carbonyl (C=O) groups excluding carboxylic acids is 1. The van der Waals surface area contributed by atoms with Crippen LogP contribution in [0.1, 0.15) is 5.56 Å². The molecule has 196 valence electrons. The molecule has 0 aliphatic carbocycles. The Labute approximate surface area is 223 Å². The van der Waals surface area contributed by atoms with E-state index in [0.717, 1.165) is 16.8 Å². The number of carbonyl (C=O) groups is 1. The number of pyridine rings is 1. The van der Waals surface area contributed by atoms with Crippen molar-refractivity contribution in [3.8, 4) is 17.0 Å². The fourth-order valence-electron chi connectivity index (χ4n) is 4.10. The van der Waals surface area contributed by atoms with Crippen molar-refractivity contribution in [3.05, 3.63) is 101 Å². The lowest BCUT2D eigenvalue weighted by Gasteiger charge is -2.20. The van der Waals surface area contributed by atoms with Gasteiger partial charge >= 0.3 is 6.03 Å². The van der Waals surface area contributed by atoms with Gasteiger partial charge in [0.05, 0.1) is 23.4 Å². The van der Waals surface area contributed by atoms with E-state index in [1.807, 2.05) is 46.9 Å². The van der Waals surface area contributed by atoms with E-state index in [-0.39, 0.29) is 11.4 Å². The Hall–Kier alpha value is -5.52. The van der Waals surface area contributed by atoms with Crippen LogP contribution in [0.25, 0.3) is 16.9 Å². The van der Waals surface area contributed by atoms with Crippen LogP contribution in [0, 0.1) is 10.1 Å². The smallest absolute Gasteiger partial charge is 0.323 e. The summed E-state index contributed by atoms with van der Waals surface area (Å²) in [5.74, 6) is 0.994. The van der Waals surface area contributed by atoms with E-state index in [0.29, 0.717) is 29.5 Å². The van der Waals surface area contributed by atoms with Crippen molar-refractivity contribution in [1.82, 2.24) is 19.4 Å². The molecule has 2 amide bonds. The molecule has 3 aromatic heterocycles. The zero-order chi connectivity index (χ0) is 27.4. The van der Waals surface area contributed by atoms with E-state index in [1.54, 1.807) is 36.8 Å². The largest absolute Gasteiger partial charge is 0.495 e. The summed E-state index contributed by atoms with van der Waals surface area (Å²) in [5.41, 5.74) is 3.77. The van der Waals surface area contributed by atoms with Crippen molar-refractivity contribution in [1.29, 1.82) is 0 Å². The number of hydrogen-bond donors (Lipinski definition) is 2. The Morgan fingerprint density at radius 3 is 2.69 bits per heavy atom. The molecular weight excluding hydrogens is 500 g/mol. The predicted octanol–water partition coefficient (Wildman–Crippen LogP) is 4.99. The van der Waals surface area contributed by atoms with Crippen LogP contribution in [-0.4, -0.2) is 44.5 Å². The van der Waals surface area contributed by atoms with Crippen molar-refractivity contribution in [2.75, 3.05) is 29.7 Å². The minimum atomic E-state index is -0.582. The third-order valence-corrected chi connectivity index (χ3v) is 5.95. The van der Waals surface area contributed by atoms with Gasteiger partial charge < -0.3 is 24.7 Å². The van der Waals surface area contributed by atoms with Crippen LogP contribution < -0.4 is 20.3 Å². The quantitative estimate of drug-likeness (QED) is 0.214. The average molecular weight is 525 g/mol. The summed E-state index contributed by atoms with van der Waals surface area (Å²) in [7, 11) is 3.37. The molecular formula is C27H24N8O4. The van der Waals surface area contributed by atoms with Gasteiger partial charge in [0.15, 0.2) is 11.5 Å². The Morgan fingerprint density at radius 1 is 1.10 bits per heavy atom. The first-order valence-corrected chi connectivity index (χ1v) is 11.9. The van der Waals surface area contributed by atoms with Gasteiger partial charge in [-0.3, -0.25) is 15.1 Å². The number of hydrogen-bond acceptors (Lipinski definition) is 8. The number of amides is 2. The fraction of sp³-hybridized carbons (Fsp3) is 0.111. The molecule has 0 unspecified atom stereocenters. The Kier molecular flexibility index (Phi) is 6.99. The Bertz CT molecular complexity index is 1650. The maximum Gasteiger partial charge on any atom is 0.323 e. The van der Waals surface area contributed by atoms with Crippen molar-refractivity contribution < 1.29 is 14.5 Å². The number of nitrogens with one attached hydrogen (secondary N) is 2. The highest BCUT2D eigenvalue weighted by atomic mass is 16.6. The summed E-state index contributed by atoms with van der Waals surface area (Å²) in [4.78, 5) is 38.8. The molecule has 0 saturated heterocycles. The molecule has 3 heterocycles. The summed E-state index contributed by atoms with van der Waals surface area (Å²) in [5, 5.41) is 16.5. The number of nitrogens with zero attached hydrogens (tertiary/aromatic N) is 6. The van der Waals surface area contributed by atoms with Crippen molar-refractivity contribution >= 4 is 34.6 Å². The molecule has 0 saturated carbocycles. The van der Waals surface area contributed by atoms with Gasteiger partial charge in [-0.15, -0.1) is 0 Å². The lowest BCUT2D eigenvalue weighted by molar-refractivity contribution is -0.384. The molecule has 0 fully saturated rings. The van der Waals surface area contributed by atoms with Crippen LogP contribution in [0.2, 0.25) is 0 Å². The standard InChI is InChI=1S/C27H24N8O4/c1-33(16-18-8-10-28-11-9-18)26-25-29-12-13-34(25)17-23(31-26)19-4-3-5-20(14-19)30-27(36)32-22-15-21(35(37)38)6-7-24(22)39-2/h3-15,17H,16H2,1-2H3,(H2,30,32,36). The Morgan fingerprint density at radius 2 is 1.92 bits per heavy atom. The number of anilines is 3. The third-order valence-electron chi connectivity index (χ3n) is 5.95. The molecule has 0 spiro atoms. The molecule has 0 bridgehead atoms. The van der Waals surface area contributed by atoms with Crippen LogP contribution in [0.3, 0.4) is 0 Å². The third kappa shape index (κ3) is 5.59. The van der Waals surface area contributed by atoms with Crippen LogP contribution in [-0.2, 0) is 6.54 Å². The number of rotatable bonds is 8. The molecule has 0 radical (unpaired) electrons. The molecule has 12 nitrogen and oxygen atoms in total. The van der Waals surface area contributed by atoms with Crippen LogP contribution in [0.5, 0.6) is 5.75 Å². The molecule has 39 heavy (non-hydrogen) atoms. The summed E-state index contributed by atoms with van der Waals surface area (Å²) in [6.45, 7) is 0.615. The number of fused-ring (bicyclic) bond motifs is 1. The monoisotopic (exact) mass is 524 g/mol. The number of nitro groups is 1. The summed E-state index contributed by atoms with van der Waals surface area (Å²) in [6.07, 6.45) is 8.95. The molecule has 2 aromatic carbocycles. The van der Waals surface area contributed by atoms with E-state index in [2.05, 4.69) is 20.6 Å². The summed E-state index contributed by atoms with van der Waals surface area (Å²) in [6, 6.07) is 14.5. The van der Waals surface area contributed by atoms with Crippen molar-refractivity contribution in [2.24, 2.45) is 0 Å². The zero-order valence-corrected chi connectivity index (χ0v) is 21.1. The van der Waals surface area contributed by atoms with Gasteiger partial charge in [0.1, 0.15) is 5.75 Å². The molecule has 0 aliphatic heterocycles. The van der Waals surface area contributed by atoms with Crippen molar-refractivity contribution in [2.45, 2.75) is 6.54 Å². The normalized spacial score (nSPS) is 10.7. The number of aromatic nitrogens is 4. The second-order valence-electron chi connectivity index (χ2n) is 8.62. The van der Waals surface area contributed by atoms with E-state index in [9.17, 15) is 14.9 Å². The van der Waals surface area contributed by atoms with Crippen LogP contribution in [0.4, 0.5) is 27.7 Å². The van der Waals surface area contributed by atoms with E-state index in [1.165, 1.54) is 25.3 Å². The fourth-order valence-corrected chi connectivity index (χ4v) is 4.10. The number of ether oxygens (including phenoxy) is 1.